The third-order valence-corrected chi connectivity index (χ3v) is 5.17. The Balaban J connectivity index is 1.89. The summed E-state index contributed by atoms with van der Waals surface area (Å²) in [5.41, 5.74) is 2.01. The summed E-state index contributed by atoms with van der Waals surface area (Å²) >= 11 is 5.84. The molecule has 0 saturated heterocycles. The van der Waals surface area contributed by atoms with Gasteiger partial charge in [0.2, 0.25) is 10.0 Å². The standard InChI is InChI=1S/C17H16ClN3O2S/c1-21-12-16(17(20-21)14-5-3-2-4-6-14)24(22,23)19-11-13-7-9-15(18)10-8-13/h2-10,12,19H,11H2,1H3. The van der Waals surface area contributed by atoms with Crippen LogP contribution in [0.25, 0.3) is 11.3 Å². The summed E-state index contributed by atoms with van der Waals surface area (Å²) in [7, 11) is -1.99. The predicted octanol–water partition coefficient (Wildman–Crippen LogP) is 3.22. The lowest BCUT2D eigenvalue weighted by Gasteiger charge is -2.07. The predicted molar refractivity (Wildman–Crippen MR) is 94.1 cm³/mol. The van der Waals surface area contributed by atoms with Crippen molar-refractivity contribution in [2.24, 2.45) is 7.05 Å². The zero-order valence-corrected chi connectivity index (χ0v) is 14.6. The van der Waals surface area contributed by atoms with Crippen LogP contribution in [0.2, 0.25) is 5.02 Å². The molecule has 0 atom stereocenters. The molecule has 0 aliphatic rings. The highest BCUT2D eigenvalue weighted by atomic mass is 35.5. The number of sulfonamides is 1. The summed E-state index contributed by atoms with van der Waals surface area (Å²) in [6, 6.07) is 16.3. The van der Waals surface area contributed by atoms with Crippen LogP contribution in [-0.4, -0.2) is 18.2 Å². The Kier molecular flexibility index (Phi) is 4.71. The van der Waals surface area contributed by atoms with Gasteiger partial charge in [-0.2, -0.15) is 5.10 Å². The van der Waals surface area contributed by atoms with E-state index in [0.717, 1.165) is 11.1 Å². The molecule has 3 aromatic rings. The highest BCUT2D eigenvalue weighted by Crippen LogP contribution is 2.25. The SMILES string of the molecule is Cn1cc(S(=O)(=O)NCc2ccc(Cl)cc2)c(-c2ccccc2)n1. The van der Waals surface area contributed by atoms with Gasteiger partial charge in [-0.1, -0.05) is 54.1 Å². The van der Waals surface area contributed by atoms with E-state index in [4.69, 9.17) is 11.6 Å². The minimum absolute atomic E-state index is 0.158. The molecule has 124 valence electrons. The molecule has 1 N–H and O–H groups in total. The molecule has 3 rings (SSSR count). The molecule has 0 bridgehead atoms. The number of rotatable bonds is 5. The summed E-state index contributed by atoms with van der Waals surface area (Å²) in [5, 5.41) is 4.91. The first kappa shape index (κ1) is 16.7. The maximum absolute atomic E-state index is 12.7. The normalized spacial score (nSPS) is 11.6. The smallest absolute Gasteiger partial charge is 0.244 e. The fourth-order valence-electron chi connectivity index (χ4n) is 2.32. The van der Waals surface area contributed by atoms with E-state index in [0.29, 0.717) is 10.7 Å². The second-order valence-electron chi connectivity index (χ2n) is 5.33. The average molecular weight is 362 g/mol. The molecule has 5 nitrogen and oxygen atoms in total. The van der Waals surface area contributed by atoms with Crippen molar-refractivity contribution in [3.05, 3.63) is 71.4 Å². The van der Waals surface area contributed by atoms with Gasteiger partial charge in [-0.3, -0.25) is 4.68 Å². The molecule has 0 aliphatic heterocycles. The fourth-order valence-corrected chi connectivity index (χ4v) is 3.66. The van der Waals surface area contributed by atoms with Crippen molar-refractivity contribution in [2.75, 3.05) is 0 Å². The summed E-state index contributed by atoms with van der Waals surface area (Å²) in [6.45, 7) is 0.183. The molecule has 2 aromatic carbocycles. The number of nitrogens with zero attached hydrogens (tertiary/aromatic N) is 2. The van der Waals surface area contributed by atoms with E-state index >= 15 is 0 Å². The zero-order chi connectivity index (χ0) is 17.2. The average Bonchev–Trinajstić information content (AvgIpc) is 2.98. The summed E-state index contributed by atoms with van der Waals surface area (Å²) < 4.78 is 29.5. The van der Waals surface area contributed by atoms with Crippen molar-refractivity contribution in [2.45, 2.75) is 11.4 Å². The third-order valence-electron chi connectivity index (χ3n) is 3.51. The minimum atomic E-state index is -3.69. The van der Waals surface area contributed by atoms with Gasteiger partial charge in [0.05, 0.1) is 0 Å². The van der Waals surface area contributed by atoms with Crippen molar-refractivity contribution in [3.63, 3.8) is 0 Å². The van der Waals surface area contributed by atoms with Crippen molar-refractivity contribution in [1.82, 2.24) is 14.5 Å². The molecule has 0 unspecified atom stereocenters. The number of hydrogen-bond donors (Lipinski definition) is 1. The first-order valence-electron chi connectivity index (χ1n) is 7.29. The quantitative estimate of drug-likeness (QED) is 0.758. The lowest BCUT2D eigenvalue weighted by molar-refractivity contribution is 0.581. The molecule has 0 saturated carbocycles. The van der Waals surface area contributed by atoms with Crippen LogP contribution in [0.4, 0.5) is 0 Å². The van der Waals surface area contributed by atoms with Crippen molar-refractivity contribution in [3.8, 4) is 11.3 Å². The van der Waals surface area contributed by atoms with E-state index < -0.39 is 10.0 Å². The van der Waals surface area contributed by atoms with E-state index in [-0.39, 0.29) is 11.4 Å². The Hall–Kier alpha value is -2.15. The molecule has 24 heavy (non-hydrogen) atoms. The number of aryl methyl sites for hydroxylation is 1. The highest BCUT2D eigenvalue weighted by Gasteiger charge is 2.22. The van der Waals surface area contributed by atoms with Crippen LogP contribution < -0.4 is 4.72 Å². The topological polar surface area (TPSA) is 64.0 Å². The molecule has 7 heteroatoms. The van der Waals surface area contributed by atoms with E-state index in [1.54, 1.807) is 31.3 Å². The zero-order valence-electron chi connectivity index (χ0n) is 13.0. The van der Waals surface area contributed by atoms with Crippen LogP contribution in [0.5, 0.6) is 0 Å². The Morgan fingerprint density at radius 2 is 1.75 bits per heavy atom. The molecule has 0 aliphatic carbocycles. The Labute approximate surface area is 145 Å². The highest BCUT2D eigenvalue weighted by molar-refractivity contribution is 7.89. The summed E-state index contributed by atoms with van der Waals surface area (Å²) in [5.74, 6) is 0. The van der Waals surface area contributed by atoms with Gasteiger partial charge in [-0.25, -0.2) is 13.1 Å². The fraction of sp³-hybridized carbons (Fsp3) is 0.118. The van der Waals surface area contributed by atoms with Gasteiger partial charge in [-0.05, 0) is 17.7 Å². The maximum atomic E-state index is 12.7. The number of benzene rings is 2. The Bertz CT molecular complexity index is 936. The third kappa shape index (κ3) is 3.67. The van der Waals surface area contributed by atoms with E-state index in [1.807, 2.05) is 30.3 Å². The number of nitrogens with one attached hydrogen (secondary N) is 1. The molecule has 0 fully saturated rings. The van der Waals surface area contributed by atoms with Crippen molar-refractivity contribution in [1.29, 1.82) is 0 Å². The molecule has 1 heterocycles. The van der Waals surface area contributed by atoms with Gasteiger partial charge in [-0.15, -0.1) is 0 Å². The summed E-state index contributed by atoms with van der Waals surface area (Å²) in [4.78, 5) is 0.158. The Morgan fingerprint density at radius 1 is 1.08 bits per heavy atom. The van der Waals surface area contributed by atoms with E-state index in [1.165, 1.54) is 10.9 Å². The van der Waals surface area contributed by atoms with E-state index in [9.17, 15) is 8.42 Å². The van der Waals surface area contributed by atoms with Crippen LogP contribution in [-0.2, 0) is 23.6 Å². The summed E-state index contributed by atoms with van der Waals surface area (Å²) in [6.07, 6.45) is 1.51. The molecule has 0 amide bonds. The van der Waals surface area contributed by atoms with Gasteiger partial charge in [0, 0.05) is 30.4 Å². The van der Waals surface area contributed by atoms with Crippen molar-refractivity contribution < 1.29 is 8.42 Å². The van der Waals surface area contributed by atoms with Gasteiger partial charge in [0.1, 0.15) is 10.6 Å². The lowest BCUT2D eigenvalue weighted by Crippen LogP contribution is -2.23. The molecule has 0 spiro atoms. The van der Waals surface area contributed by atoms with Crippen LogP contribution in [0.3, 0.4) is 0 Å². The number of aromatic nitrogens is 2. The largest absolute Gasteiger partial charge is 0.274 e. The van der Waals surface area contributed by atoms with Gasteiger partial charge in [0.15, 0.2) is 0 Å². The Morgan fingerprint density at radius 3 is 2.42 bits per heavy atom. The van der Waals surface area contributed by atoms with E-state index in [2.05, 4.69) is 9.82 Å². The second-order valence-corrected chi connectivity index (χ2v) is 7.50. The van der Waals surface area contributed by atoms with Crippen LogP contribution >= 0.6 is 11.6 Å². The van der Waals surface area contributed by atoms with Crippen LogP contribution in [0.1, 0.15) is 5.56 Å². The molecule has 0 radical (unpaired) electrons. The van der Waals surface area contributed by atoms with Crippen LogP contribution in [0, 0.1) is 0 Å². The maximum Gasteiger partial charge on any atom is 0.244 e. The van der Waals surface area contributed by atoms with Gasteiger partial charge in [0.25, 0.3) is 0 Å². The van der Waals surface area contributed by atoms with Crippen LogP contribution in [0.15, 0.2) is 65.7 Å². The monoisotopic (exact) mass is 361 g/mol. The number of hydrogen-bond acceptors (Lipinski definition) is 3. The number of halogens is 1. The lowest BCUT2D eigenvalue weighted by atomic mass is 10.2. The second kappa shape index (κ2) is 6.76. The van der Waals surface area contributed by atoms with Crippen molar-refractivity contribution >= 4 is 21.6 Å². The molecular weight excluding hydrogens is 346 g/mol. The molecular formula is C17H16ClN3O2S. The first-order valence-corrected chi connectivity index (χ1v) is 9.15. The molecule has 1 aromatic heterocycles. The minimum Gasteiger partial charge on any atom is -0.274 e. The first-order chi connectivity index (χ1) is 11.5. The van der Waals surface area contributed by atoms with Gasteiger partial charge >= 0.3 is 0 Å². The van der Waals surface area contributed by atoms with Gasteiger partial charge < -0.3 is 0 Å².